The van der Waals surface area contributed by atoms with Crippen LogP contribution in [-0.4, -0.2) is 54.8 Å². The summed E-state index contributed by atoms with van der Waals surface area (Å²) in [4.78, 5) is 19.5. The summed E-state index contributed by atoms with van der Waals surface area (Å²) in [5, 5.41) is 9.29. The van der Waals surface area contributed by atoms with Crippen molar-refractivity contribution in [3.05, 3.63) is 24.0 Å². The van der Waals surface area contributed by atoms with E-state index >= 15 is 0 Å². The summed E-state index contributed by atoms with van der Waals surface area (Å²) < 4.78 is 0. The number of pyridine rings is 1. The minimum atomic E-state index is -1.40. The summed E-state index contributed by atoms with van der Waals surface area (Å²) in [7, 11) is -1.40. The molecule has 2 aliphatic rings. The number of fused-ring (bicyclic) bond motifs is 1. The van der Waals surface area contributed by atoms with Crippen LogP contribution in [0.25, 0.3) is 0 Å². The van der Waals surface area contributed by atoms with Gasteiger partial charge in [0.25, 0.3) is 0 Å². The van der Waals surface area contributed by atoms with Gasteiger partial charge in [0, 0.05) is 37.3 Å². The molecular formula is C17H23N3O2Si. The van der Waals surface area contributed by atoms with E-state index in [1.54, 1.807) is 11.1 Å². The van der Waals surface area contributed by atoms with Crippen LogP contribution < -0.4 is 4.90 Å². The number of carbonyl (C=O) groups is 1. The average Bonchev–Trinajstić information content (AvgIpc) is 3.04. The quantitative estimate of drug-likeness (QED) is 0.635. The van der Waals surface area contributed by atoms with Crippen LogP contribution in [0.3, 0.4) is 0 Å². The molecule has 1 aromatic rings. The van der Waals surface area contributed by atoms with Gasteiger partial charge in [-0.05, 0) is 12.5 Å². The van der Waals surface area contributed by atoms with Gasteiger partial charge in [-0.15, -0.1) is 5.54 Å². The highest BCUT2D eigenvalue weighted by atomic mass is 28.3. The van der Waals surface area contributed by atoms with E-state index in [1.165, 1.54) is 0 Å². The van der Waals surface area contributed by atoms with E-state index < -0.39 is 14.2 Å². The van der Waals surface area contributed by atoms with Gasteiger partial charge in [-0.25, -0.2) is 4.79 Å². The Morgan fingerprint density at radius 1 is 1.35 bits per heavy atom. The van der Waals surface area contributed by atoms with Gasteiger partial charge in [0.05, 0.1) is 17.9 Å². The molecule has 3 heterocycles. The number of carboxylic acid groups (broad SMARTS) is 1. The van der Waals surface area contributed by atoms with Crippen LogP contribution in [0.1, 0.15) is 12.0 Å². The van der Waals surface area contributed by atoms with Crippen molar-refractivity contribution in [1.82, 2.24) is 9.88 Å². The van der Waals surface area contributed by atoms with Crippen LogP contribution in [0.5, 0.6) is 0 Å². The van der Waals surface area contributed by atoms with Crippen molar-refractivity contribution < 1.29 is 9.90 Å². The van der Waals surface area contributed by atoms with Gasteiger partial charge in [-0.2, -0.15) is 0 Å². The van der Waals surface area contributed by atoms with Gasteiger partial charge in [0.1, 0.15) is 8.07 Å². The van der Waals surface area contributed by atoms with E-state index in [1.807, 2.05) is 6.20 Å². The van der Waals surface area contributed by atoms with Crippen molar-refractivity contribution in [2.75, 3.05) is 24.5 Å². The van der Waals surface area contributed by atoms with Crippen LogP contribution in [0, 0.1) is 17.4 Å². The molecule has 5 nitrogen and oxygen atoms in total. The Balaban J connectivity index is 1.76. The minimum Gasteiger partial charge on any atom is -0.465 e. The highest BCUT2D eigenvalue weighted by Crippen LogP contribution is 2.34. The number of aromatic nitrogens is 1. The van der Waals surface area contributed by atoms with E-state index in [2.05, 4.69) is 47.1 Å². The van der Waals surface area contributed by atoms with Gasteiger partial charge in [-0.1, -0.05) is 25.6 Å². The van der Waals surface area contributed by atoms with Crippen molar-refractivity contribution in [3.63, 3.8) is 0 Å². The van der Waals surface area contributed by atoms with E-state index in [9.17, 15) is 9.90 Å². The molecule has 0 aromatic carbocycles. The van der Waals surface area contributed by atoms with Crippen molar-refractivity contribution in [2.45, 2.75) is 32.1 Å². The second-order valence-electron chi connectivity index (χ2n) is 7.43. The number of rotatable bonds is 1. The average molecular weight is 329 g/mol. The minimum absolute atomic E-state index is 0.115. The van der Waals surface area contributed by atoms with Gasteiger partial charge in [0.2, 0.25) is 0 Å². The Labute approximate surface area is 138 Å². The van der Waals surface area contributed by atoms with E-state index in [0.29, 0.717) is 12.5 Å². The third kappa shape index (κ3) is 3.50. The smallest absolute Gasteiger partial charge is 0.407 e. The highest BCUT2D eigenvalue weighted by molar-refractivity contribution is 6.83. The van der Waals surface area contributed by atoms with Crippen LogP contribution in [0.15, 0.2) is 18.5 Å². The lowest BCUT2D eigenvalue weighted by Gasteiger charge is -2.23. The summed E-state index contributed by atoms with van der Waals surface area (Å²) in [6.45, 7) is 8.99. The Morgan fingerprint density at radius 3 is 2.83 bits per heavy atom. The molecule has 2 saturated heterocycles. The molecular weight excluding hydrogens is 306 g/mol. The monoisotopic (exact) mass is 329 g/mol. The number of likely N-dealkylation sites (tertiary alicyclic amines) is 1. The van der Waals surface area contributed by atoms with Crippen LogP contribution >= 0.6 is 0 Å². The fourth-order valence-corrected chi connectivity index (χ4v) is 3.86. The lowest BCUT2D eigenvalue weighted by Crippen LogP contribution is -2.38. The molecule has 3 rings (SSSR count). The lowest BCUT2D eigenvalue weighted by atomic mass is 10.1. The molecule has 122 valence electrons. The predicted octanol–water partition coefficient (Wildman–Crippen LogP) is 2.50. The largest absolute Gasteiger partial charge is 0.465 e. The standard InChI is InChI=1S/C17H23N3O2Si/c1-23(2,3)7-5-13-8-15(10-18-9-13)19-11-14-4-6-20(17(21)22)16(14)12-19/h8-10,14,16H,4,6,11-12H2,1-3H3,(H,21,22)/t14-,16+/m1/s1. The molecule has 0 radical (unpaired) electrons. The fraction of sp³-hybridized carbons (Fsp3) is 0.529. The summed E-state index contributed by atoms with van der Waals surface area (Å²) in [6.07, 6.45) is 3.81. The summed E-state index contributed by atoms with van der Waals surface area (Å²) in [5.74, 6) is 3.68. The van der Waals surface area contributed by atoms with E-state index in [0.717, 1.165) is 30.8 Å². The first-order valence-corrected chi connectivity index (χ1v) is 11.6. The number of amides is 1. The Hall–Kier alpha value is -2.00. The predicted molar refractivity (Wildman–Crippen MR) is 93.3 cm³/mol. The number of hydrogen-bond donors (Lipinski definition) is 1. The molecule has 0 aliphatic carbocycles. The molecule has 23 heavy (non-hydrogen) atoms. The molecule has 6 heteroatoms. The topological polar surface area (TPSA) is 56.7 Å². The zero-order valence-electron chi connectivity index (χ0n) is 13.9. The second-order valence-corrected chi connectivity index (χ2v) is 12.2. The first-order chi connectivity index (χ1) is 10.8. The van der Waals surface area contributed by atoms with Crippen molar-refractivity contribution in [2.24, 2.45) is 5.92 Å². The van der Waals surface area contributed by atoms with Gasteiger partial charge in [0.15, 0.2) is 0 Å². The summed E-state index contributed by atoms with van der Waals surface area (Å²) in [6, 6.07) is 2.19. The van der Waals surface area contributed by atoms with Gasteiger partial charge in [-0.3, -0.25) is 4.98 Å². The maximum Gasteiger partial charge on any atom is 0.407 e. The molecule has 2 aliphatic heterocycles. The third-order valence-corrected chi connectivity index (χ3v) is 5.34. The maximum absolute atomic E-state index is 11.3. The number of anilines is 1. The fourth-order valence-electron chi connectivity index (χ4n) is 3.34. The molecule has 0 saturated carbocycles. The normalized spacial score (nSPS) is 23.4. The molecule has 1 N–H and O–H groups in total. The molecule has 0 spiro atoms. The van der Waals surface area contributed by atoms with Crippen molar-refractivity contribution in [3.8, 4) is 11.5 Å². The zero-order valence-corrected chi connectivity index (χ0v) is 14.9. The van der Waals surface area contributed by atoms with Crippen molar-refractivity contribution in [1.29, 1.82) is 0 Å². The molecule has 2 atom stereocenters. The Kier molecular flexibility index (Phi) is 4.07. The molecule has 1 aromatic heterocycles. The van der Waals surface area contributed by atoms with Crippen molar-refractivity contribution >= 4 is 19.9 Å². The van der Waals surface area contributed by atoms with Crippen LogP contribution in [0.2, 0.25) is 19.6 Å². The highest BCUT2D eigenvalue weighted by Gasteiger charge is 2.43. The maximum atomic E-state index is 11.3. The Bertz CT molecular complexity index is 674. The number of hydrogen-bond acceptors (Lipinski definition) is 3. The summed E-state index contributed by atoms with van der Waals surface area (Å²) in [5.41, 5.74) is 5.35. The van der Waals surface area contributed by atoms with Crippen LogP contribution in [0.4, 0.5) is 10.5 Å². The van der Waals surface area contributed by atoms with Crippen LogP contribution in [-0.2, 0) is 0 Å². The summed E-state index contributed by atoms with van der Waals surface area (Å²) >= 11 is 0. The van der Waals surface area contributed by atoms with E-state index in [4.69, 9.17) is 0 Å². The molecule has 0 unspecified atom stereocenters. The molecule has 2 fully saturated rings. The third-order valence-electron chi connectivity index (χ3n) is 4.46. The Morgan fingerprint density at radius 2 is 2.13 bits per heavy atom. The SMILES string of the molecule is C[Si](C)(C)C#Cc1cncc(N2C[C@H]3CCN(C(=O)O)[C@H]3C2)c1. The zero-order chi connectivity index (χ0) is 16.6. The number of nitrogens with zero attached hydrogens (tertiary/aromatic N) is 3. The first kappa shape index (κ1) is 15.9. The van der Waals surface area contributed by atoms with Gasteiger partial charge < -0.3 is 14.9 Å². The first-order valence-electron chi connectivity index (χ1n) is 8.06. The lowest BCUT2D eigenvalue weighted by molar-refractivity contribution is 0.140. The molecule has 0 bridgehead atoms. The second kappa shape index (κ2) is 5.89. The van der Waals surface area contributed by atoms with Gasteiger partial charge >= 0.3 is 6.09 Å². The van der Waals surface area contributed by atoms with E-state index in [-0.39, 0.29) is 6.04 Å². The molecule has 1 amide bonds.